The SMILES string of the molecule is CC(C)N(c1ccc(C2CCCN2C)cn1)C(C)C. The van der Waals surface area contributed by atoms with E-state index in [-0.39, 0.29) is 0 Å². The minimum Gasteiger partial charge on any atom is -0.352 e. The van der Waals surface area contributed by atoms with Crippen molar-refractivity contribution in [1.29, 1.82) is 0 Å². The number of hydrogen-bond acceptors (Lipinski definition) is 3. The first kappa shape index (κ1) is 14.3. The number of pyridine rings is 1. The van der Waals surface area contributed by atoms with Crippen molar-refractivity contribution >= 4 is 5.82 Å². The van der Waals surface area contributed by atoms with Crippen molar-refractivity contribution in [2.75, 3.05) is 18.5 Å². The van der Waals surface area contributed by atoms with Gasteiger partial charge in [-0.05, 0) is 65.8 Å². The van der Waals surface area contributed by atoms with Crippen molar-refractivity contribution in [3.8, 4) is 0 Å². The summed E-state index contributed by atoms with van der Waals surface area (Å²) in [4.78, 5) is 9.49. The Labute approximate surface area is 117 Å². The van der Waals surface area contributed by atoms with Crippen LogP contribution < -0.4 is 4.90 Å². The molecule has 1 atom stereocenters. The minimum absolute atomic E-state index is 0.479. The van der Waals surface area contributed by atoms with Gasteiger partial charge < -0.3 is 4.90 Å². The molecule has 0 radical (unpaired) electrons. The van der Waals surface area contributed by atoms with Crippen LogP contribution in [0.15, 0.2) is 18.3 Å². The lowest BCUT2D eigenvalue weighted by molar-refractivity contribution is 0.317. The summed E-state index contributed by atoms with van der Waals surface area (Å²) in [6.07, 6.45) is 4.63. The maximum Gasteiger partial charge on any atom is 0.128 e. The molecule has 1 aliphatic heterocycles. The molecule has 1 aliphatic rings. The van der Waals surface area contributed by atoms with Crippen LogP contribution in [0.3, 0.4) is 0 Å². The zero-order valence-corrected chi connectivity index (χ0v) is 12.9. The second kappa shape index (κ2) is 5.91. The zero-order valence-electron chi connectivity index (χ0n) is 12.9. The van der Waals surface area contributed by atoms with Crippen molar-refractivity contribution < 1.29 is 0 Å². The molecule has 0 aliphatic carbocycles. The van der Waals surface area contributed by atoms with Crippen LogP contribution in [0, 0.1) is 0 Å². The molecule has 2 rings (SSSR count). The zero-order chi connectivity index (χ0) is 14.0. The van der Waals surface area contributed by atoms with Gasteiger partial charge in [-0.25, -0.2) is 4.98 Å². The second-order valence-electron chi connectivity index (χ2n) is 6.18. The molecule has 106 valence electrons. The van der Waals surface area contributed by atoms with Crippen molar-refractivity contribution in [2.24, 2.45) is 0 Å². The molecule has 3 nitrogen and oxygen atoms in total. The number of rotatable bonds is 4. The summed E-state index contributed by atoms with van der Waals surface area (Å²) in [6, 6.07) is 5.96. The monoisotopic (exact) mass is 261 g/mol. The molecule has 2 heterocycles. The summed E-state index contributed by atoms with van der Waals surface area (Å²) in [7, 11) is 2.21. The lowest BCUT2D eigenvalue weighted by Gasteiger charge is -2.32. The first-order valence-corrected chi connectivity index (χ1v) is 7.45. The number of anilines is 1. The van der Waals surface area contributed by atoms with Gasteiger partial charge in [-0.2, -0.15) is 0 Å². The van der Waals surface area contributed by atoms with Gasteiger partial charge in [-0.1, -0.05) is 6.07 Å². The van der Waals surface area contributed by atoms with Crippen molar-refractivity contribution in [2.45, 2.75) is 58.7 Å². The van der Waals surface area contributed by atoms with E-state index in [0.717, 1.165) is 5.82 Å². The summed E-state index contributed by atoms with van der Waals surface area (Å²) < 4.78 is 0. The van der Waals surface area contributed by atoms with E-state index in [4.69, 9.17) is 4.98 Å². The van der Waals surface area contributed by atoms with E-state index in [2.05, 4.69) is 62.9 Å². The van der Waals surface area contributed by atoms with Crippen LogP contribution in [-0.2, 0) is 0 Å². The minimum atomic E-state index is 0.479. The molecule has 0 amide bonds. The fraction of sp³-hybridized carbons (Fsp3) is 0.688. The van der Waals surface area contributed by atoms with Gasteiger partial charge in [-0.3, -0.25) is 4.90 Å². The Hall–Kier alpha value is -1.09. The van der Waals surface area contributed by atoms with E-state index in [1.54, 1.807) is 0 Å². The maximum absolute atomic E-state index is 4.70. The van der Waals surface area contributed by atoms with Gasteiger partial charge >= 0.3 is 0 Å². The summed E-state index contributed by atoms with van der Waals surface area (Å²) in [5.74, 6) is 1.09. The standard InChI is InChI=1S/C16H27N3/c1-12(2)19(13(3)4)16-9-8-14(11-17-16)15-7-6-10-18(15)5/h8-9,11-13,15H,6-7,10H2,1-5H3. The van der Waals surface area contributed by atoms with Gasteiger partial charge in [0.2, 0.25) is 0 Å². The third-order valence-electron chi connectivity index (χ3n) is 4.05. The molecule has 1 unspecified atom stereocenters. The molecule has 0 aromatic carbocycles. The molecule has 3 heteroatoms. The Kier molecular flexibility index (Phi) is 4.46. The Morgan fingerprint density at radius 3 is 2.32 bits per heavy atom. The van der Waals surface area contributed by atoms with Gasteiger partial charge in [0.25, 0.3) is 0 Å². The van der Waals surface area contributed by atoms with Crippen LogP contribution >= 0.6 is 0 Å². The molecule has 19 heavy (non-hydrogen) atoms. The van der Waals surface area contributed by atoms with Crippen LogP contribution in [0.2, 0.25) is 0 Å². The van der Waals surface area contributed by atoms with Crippen LogP contribution in [0.4, 0.5) is 5.82 Å². The fourth-order valence-electron chi connectivity index (χ4n) is 3.20. The van der Waals surface area contributed by atoms with Crippen LogP contribution in [0.1, 0.15) is 52.1 Å². The lowest BCUT2D eigenvalue weighted by Crippen LogP contribution is -2.37. The number of hydrogen-bond donors (Lipinski definition) is 0. The van der Waals surface area contributed by atoms with Gasteiger partial charge in [-0.15, -0.1) is 0 Å². The first-order chi connectivity index (χ1) is 9.00. The van der Waals surface area contributed by atoms with E-state index >= 15 is 0 Å². The highest BCUT2D eigenvalue weighted by atomic mass is 15.2. The predicted octanol–water partition coefficient (Wildman–Crippen LogP) is 3.47. The number of likely N-dealkylation sites (tertiary alicyclic amines) is 1. The van der Waals surface area contributed by atoms with E-state index in [0.29, 0.717) is 18.1 Å². The van der Waals surface area contributed by atoms with Gasteiger partial charge in [0, 0.05) is 24.3 Å². The summed E-state index contributed by atoms with van der Waals surface area (Å²) in [5, 5.41) is 0. The first-order valence-electron chi connectivity index (χ1n) is 7.45. The molecule has 0 bridgehead atoms. The highest BCUT2D eigenvalue weighted by Gasteiger charge is 2.23. The van der Waals surface area contributed by atoms with Crippen LogP contribution in [0.25, 0.3) is 0 Å². The highest BCUT2D eigenvalue weighted by molar-refractivity contribution is 5.41. The Bertz CT molecular complexity index is 389. The third kappa shape index (κ3) is 3.08. The molecule has 1 fully saturated rings. The third-order valence-corrected chi connectivity index (χ3v) is 4.05. The van der Waals surface area contributed by atoms with Gasteiger partial charge in [0.05, 0.1) is 0 Å². The van der Waals surface area contributed by atoms with Crippen LogP contribution in [0.5, 0.6) is 0 Å². The molecular formula is C16H27N3. The Balaban J connectivity index is 2.17. The largest absolute Gasteiger partial charge is 0.352 e. The second-order valence-corrected chi connectivity index (χ2v) is 6.18. The van der Waals surface area contributed by atoms with Crippen molar-refractivity contribution in [1.82, 2.24) is 9.88 Å². The molecule has 1 aromatic heterocycles. The topological polar surface area (TPSA) is 19.4 Å². The van der Waals surface area contributed by atoms with Crippen LogP contribution in [-0.4, -0.2) is 35.6 Å². The molecule has 0 spiro atoms. The Morgan fingerprint density at radius 2 is 1.89 bits per heavy atom. The molecule has 0 saturated carbocycles. The fourth-order valence-corrected chi connectivity index (χ4v) is 3.20. The lowest BCUT2D eigenvalue weighted by atomic mass is 10.1. The van der Waals surface area contributed by atoms with E-state index < -0.39 is 0 Å². The van der Waals surface area contributed by atoms with E-state index in [1.807, 2.05) is 0 Å². The van der Waals surface area contributed by atoms with Gasteiger partial charge in [0.1, 0.15) is 5.82 Å². The number of aromatic nitrogens is 1. The number of nitrogens with zero attached hydrogens (tertiary/aromatic N) is 3. The average Bonchev–Trinajstić information content (AvgIpc) is 2.75. The average molecular weight is 261 g/mol. The molecule has 0 N–H and O–H groups in total. The van der Waals surface area contributed by atoms with Gasteiger partial charge in [0.15, 0.2) is 0 Å². The summed E-state index contributed by atoms with van der Waals surface area (Å²) in [5.41, 5.74) is 1.36. The summed E-state index contributed by atoms with van der Waals surface area (Å²) >= 11 is 0. The van der Waals surface area contributed by atoms with E-state index in [1.165, 1.54) is 24.9 Å². The smallest absolute Gasteiger partial charge is 0.128 e. The summed E-state index contributed by atoms with van der Waals surface area (Å²) in [6.45, 7) is 10.1. The normalized spacial score (nSPS) is 20.5. The van der Waals surface area contributed by atoms with Crippen molar-refractivity contribution in [3.63, 3.8) is 0 Å². The van der Waals surface area contributed by atoms with E-state index in [9.17, 15) is 0 Å². The molecular weight excluding hydrogens is 234 g/mol. The Morgan fingerprint density at radius 1 is 1.21 bits per heavy atom. The molecule has 1 aromatic rings. The quantitative estimate of drug-likeness (QED) is 0.827. The highest BCUT2D eigenvalue weighted by Crippen LogP contribution is 2.30. The predicted molar refractivity (Wildman–Crippen MR) is 81.6 cm³/mol. The maximum atomic E-state index is 4.70. The molecule has 1 saturated heterocycles. The van der Waals surface area contributed by atoms with Crippen molar-refractivity contribution in [3.05, 3.63) is 23.9 Å².